The highest BCUT2D eigenvalue weighted by Gasteiger charge is 2.13. The number of carbonyl (C=O) groups is 1. The first-order valence-corrected chi connectivity index (χ1v) is 6.28. The van der Waals surface area contributed by atoms with Crippen molar-refractivity contribution in [3.63, 3.8) is 0 Å². The Labute approximate surface area is 105 Å². The van der Waals surface area contributed by atoms with Gasteiger partial charge in [0.15, 0.2) is 0 Å². The minimum Gasteiger partial charge on any atom is -0.466 e. The molecule has 1 rings (SSSR count). The highest BCUT2D eigenvalue weighted by Crippen LogP contribution is 2.30. The summed E-state index contributed by atoms with van der Waals surface area (Å²) in [6.07, 6.45) is 0.286. The molecule has 0 spiro atoms. The number of benzene rings is 1. The van der Waals surface area contributed by atoms with E-state index in [1.165, 1.54) is 30.0 Å². The van der Waals surface area contributed by atoms with Crippen molar-refractivity contribution in [2.24, 2.45) is 0 Å². The number of nitrogens with two attached hydrogens (primary N) is 1. The van der Waals surface area contributed by atoms with Crippen LogP contribution in [0.1, 0.15) is 20.3 Å². The lowest BCUT2D eigenvalue weighted by Gasteiger charge is -2.12. The van der Waals surface area contributed by atoms with E-state index in [1.807, 2.05) is 6.92 Å². The van der Waals surface area contributed by atoms with Crippen LogP contribution < -0.4 is 5.73 Å². The highest BCUT2D eigenvalue weighted by molar-refractivity contribution is 8.00. The summed E-state index contributed by atoms with van der Waals surface area (Å²) in [7, 11) is 0. The monoisotopic (exact) mass is 257 g/mol. The van der Waals surface area contributed by atoms with E-state index >= 15 is 0 Å². The number of halogens is 1. The summed E-state index contributed by atoms with van der Waals surface area (Å²) < 4.78 is 17.9. The van der Waals surface area contributed by atoms with Crippen LogP contribution in [0, 0.1) is 5.82 Å². The molecule has 0 saturated heterocycles. The van der Waals surface area contributed by atoms with Crippen molar-refractivity contribution in [3.05, 3.63) is 24.0 Å². The van der Waals surface area contributed by atoms with Gasteiger partial charge in [0.1, 0.15) is 5.82 Å². The Morgan fingerprint density at radius 1 is 1.59 bits per heavy atom. The number of hydrogen-bond acceptors (Lipinski definition) is 4. The number of hydrogen-bond donors (Lipinski definition) is 1. The van der Waals surface area contributed by atoms with Gasteiger partial charge in [0.05, 0.1) is 13.0 Å². The molecule has 3 nitrogen and oxygen atoms in total. The number of rotatable bonds is 5. The Morgan fingerprint density at radius 2 is 2.29 bits per heavy atom. The molecule has 1 unspecified atom stereocenters. The predicted octanol–water partition coefficient (Wildman–Crippen LogP) is 2.84. The summed E-state index contributed by atoms with van der Waals surface area (Å²) in [6.45, 7) is 4.02. The van der Waals surface area contributed by atoms with Crippen molar-refractivity contribution in [1.82, 2.24) is 0 Å². The standard InChI is InChI=1S/C12H16FNO2S/c1-3-16-12(15)6-8(2)17-11-7-9(13)4-5-10(11)14/h4-5,7-8H,3,6,14H2,1-2H3. The Bertz CT molecular complexity index is 398. The number of carbonyl (C=O) groups excluding carboxylic acids is 1. The fourth-order valence-corrected chi connectivity index (χ4v) is 2.36. The second-order valence-electron chi connectivity index (χ2n) is 3.62. The zero-order valence-corrected chi connectivity index (χ0v) is 10.7. The Hall–Kier alpha value is -1.23. The molecule has 0 aliphatic carbocycles. The minimum atomic E-state index is -0.329. The molecule has 17 heavy (non-hydrogen) atoms. The van der Waals surface area contributed by atoms with Crippen LogP contribution >= 0.6 is 11.8 Å². The van der Waals surface area contributed by atoms with Gasteiger partial charge in [-0.2, -0.15) is 0 Å². The Morgan fingerprint density at radius 3 is 2.94 bits per heavy atom. The summed E-state index contributed by atoms with van der Waals surface area (Å²) in [5, 5.41) is -0.00171. The molecule has 5 heteroatoms. The first-order valence-electron chi connectivity index (χ1n) is 5.40. The topological polar surface area (TPSA) is 52.3 Å². The van der Waals surface area contributed by atoms with E-state index in [-0.39, 0.29) is 23.5 Å². The summed E-state index contributed by atoms with van der Waals surface area (Å²) in [5.74, 6) is -0.576. The lowest BCUT2D eigenvalue weighted by atomic mass is 10.3. The maximum Gasteiger partial charge on any atom is 0.306 e. The zero-order valence-electron chi connectivity index (χ0n) is 9.90. The number of nitrogen functional groups attached to an aromatic ring is 1. The molecule has 0 amide bonds. The number of esters is 1. The van der Waals surface area contributed by atoms with Crippen LogP contribution in [0.15, 0.2) is 23.1 Å². The third kappa shape index (κ3) is 4.65. The van der Waals surface area contributed by atoms with Gasteiger partial charge in [-0.1, -0.05) is 6.92 Å². The smallest absolute Gasteiger partial charge is 0.306 e. The Balaban J connectivity index is 2.58. The molecular weight excluding hydrogens is 241 g/mol. The number of thioether (sulfide) groups is 1. The second-order valence-corrected chi connectivity index (χ2v) is 5.10. The third-order valence-electron chi connectivity index (χ3n) is 2.06. The van der Waals surface area contributed by atoms with Crippen LogP contribution in [-0.2, 0) is 9.53 Å². The van der Waals surface area contributed by atoms with Crippen LogP contribution in [0.2, 0.25) is 0 Å². The molecule has 1 aromatic carbocycles. The molecule has 1 atom stereocenters. The molecule has 0 fully saturated rings. The van der Waals surface area contributed by atoms with Gasteiger partial charge in [0, 0.05) is 15.8 Å². The van der Waals surface area contributed by atoms with Crippen LogP contribution in [0.4, 0.5) is 10.1 Å². The van der Waals surface area contributed by atoms with Crippen molar-refractivity contribution in [2.45, 2.75) is 30.4 Å². The fourth-order valence-electron chi connectivity index (χ4n) is 1.32. The molecule has 94 valence electrons. The SMILES string of the molecule is CCOC(=O)CC(C)Sc1cc(F)ccc1N. The molecule has 0 aliphatic rings. The predicted molar refractivity (Wildman–Crippen MR) is 67.4 cm³/mol. The van der Waals surface area contributed by atoms with Crippen molar-refractivity contribution < 1.29 is 13.9 Å². The van der Waals surface area contributed by atoms with E-state index in [9.17, 15) is 9.18 Å². The van der Waals surface area contributed by atoms with E-state index in [4.69, 9.17) is 10.5 Å². The molecule has 0 aliphatic heterocycles. The maximum absolute atomic E-state index is 13.0. The van der Waals surface area contributed by atoms with Crippen molar-refractivity contribution >= 4 is 23.4 Å². The maximum atomic E-state index is 13.0. The minimum absolute atomic E-state index is 0.00171. The average molecular weight is 257 g/mol. The Kier molecular flexibility index (Phi) is 5.28. The molecule has 0 aromatic heterocycles. The van der Waals surface area contributed by atoms with Crippen molar-refractivity contribution in [2.75, 3.05) is 12.3 Å². The van der Waals surface area contributed by atoms with Gasteiger partial charge in [-0.25, -0.2) is 4.39 Å². The van der Waals surface area contributed by atoms with Gasteiger partial charge in [-0.3, -0.25) is 4.79 Å². The quantitative estimate of drug-likeness (QED) is 0.500. The van der Waals surface area contributed by atoms with Crippen LogP contribution in [0.5, 0.6) is 0 Å². The van der Waals surface area contributed by atoms with Crippen molar-refractivity contribution in [1.29, 1.82) is 0 Å². The zero-order chi connectivity index (χ0) is 12.8. The largest absolute Gasteiger partial charge is 0.466 e. The summed E-state index contributed by atoms with van der Waals surface area (Å²) in [4.78, 5) is 11.9. The number of anilines is 1. The first kappa shape index (κ1) is 13.8. The fraction of sp³-hybridized carbons (Fsp3) is 0.417. The highest BCUT2D eigenvalue weighted by atomic mass is 32.2. The van der Waals surface area contributed by atoms with Crippen LogP contribution in [0.3, 0.4) is 0 Å². The molecule has 0 bridgehead atoms. The van der Waals surface area contributed by atoms with Crippen LogP contribution in [0.25, 0.3) is 0 Å². The van der Waals surface area contributed by atoms with E-state index in [0.717, 1.165) is 0 Å². The normalized spacial score (nSPS) is 12.2. The van der Waals surface area contributed by atoms with Gasteiger partial charge in [0.25, 0.3) is 0 Å². The van der Waals surface area contributed by atoms with Gasteiger partial charge < -0.3 is 10.5 Å². The van der Waals surface area contributed by atoms with E-state index in [2.05, 4.69) is 0 Å². The third-order valence-corrected chi connectivity index (χ3v) is 3.24. The first-order chi connectivity index (χ1) is 8.02. The van der Waals surface area contributed by atoms with E-state index in [0.29, 0.717) is 17.2 Å². The molecule has 0 saturated carbocycles. The van der Waals surface area contributed by atoms with E-state index < -0.39 is 0 Å². The second kappa shape index (κ2) is 6.49. The van der Waals surface area contributed by atoms with Gasteiger partial charge in [-0.05, 0) is 25.1 Å². The number of ether oxygens (including phenoxy) is 1. The molecule has 0 heterocycles. The van der Waals surface area contributed by atoms with Crippen LogP contribution in [-0.4, -0.2) is 17.8 Å². The van der Waals surface area contributed by atoms with Gasteiger partial charge in [0.2, 0.25) is 0 Å². The summed E-state index contributed by atoms with van der Waals surface area (Å²) in [6, 6.07) is 4.21. The molecule has 0 radical (unpaired) electrons. The molecule has 2 N–H and O–H groups in total. The summed E-state index contributed by atoms with van der Waals surface area (Å²) in [5.41, 5.74) is 6.24. The molecule has 1 aromatic rings. The molecular formula is C12H16FNO2S. The lowest BCUT2D eigenvalue weighted by molar-refractivity contribution is -0.142. The lowest BCUT2D eigenvalue weighted by Crippen LogP contribution is -2.10. The van der Waals surface area contributed by atoms with Gasteiger partial charge in [-0.15, -0.1) is 11.8 Å². The van der Waals surface area contributed by atoms with Gasteiger partial charge >= 0.3 is 5.97 Å². The van der Waals surface area contributed by atoms with E-state index in [1.54, 1.807) is 6.92 Å². The summed E-state index contributed by atoms with van der Waals surface area (Å²) >= 11 is 1.37. The van der Waals surface area contributed by atoms with Crippen molar-refractivity contribution in [3.8, 4) is 0 Å². The average Bonchev–Trinajstić information content (AvgIpc) is 2.23.